The van der Waals surface area contributed by atoms with Gasteiger partial charge in [-0.25, -0.2) is 43.9 Å². The second-order valence-electron chi connectivity index (χ2n) is 12.6. The summed E-state index contributed by atoms with van der Waals surface area (Å²) in [6.45, 7) is 0. The summed E-state index contributed by atoms with van der Waals surface area (Å²) in [6.07, 6.45) is 0. The SMILES string of the molecule is Fc1c(F)c(F)c(N(c2ccc(-c3ccc(N(c4c(F)c(F)c(F)c(F)c4F)c4cccc5ccccc45)cc3)cc2)c2cccc3ccccc23)c(F)c1F. The van der Waals surface area contributed by atoms with Gasteiger partial charge >= 0.3 is 0 Å². The van der Waals surface area contributed by atoms with Gasteiger partial charge in [0.2, 0.25) is 11.6 Å². The van der Waals surface area contributed by atoms with Gasteiger partial charge in [0.1, 0.15) is 11.4 Å². The number of halogens is 10. The molecular weight excluding hydrogens is 746 g/mol. The number of rotatable bonds is 7. The minimum absolute atomic E-state index is 0.0263. The molecule has 12 heteroatoms. The minimum atomic E-state index is -2.31. The van der Waals surface area contributed by atoms with Gasteiger partial charge in [-0.2, -0.15) is 0 Å². The van der Waals surface area contributed by atoms with Gasteiger partial charge in [0.25, 0.3) is 0 Å². The smallest absolute Gasteiger partial charge is 0.200 e. The molecule has 8 aromatic rings. The lowest BCUT2D eigenvalue weighted by Gasteiger charge is -2.28. The van der Waals surface area contributed by atoms with Crippen LogP contribution in [0.1, 0.15) is 0 Å². The molecule has 8 rings (SSSR count). The fourth-order valence-electron chi connectivity index (χ4n) is 6.77. The lowest BCUT2D eigenvalue weighted by molar-refractivity contribution is 0.380. The highest BCUT2D eigenvalue weighted by Gasteiger charge is 2.33. The summed E-state index contributed by atoms with van der Waals surface area (Å²) in [5.41, 5.74) is -1.16. The van der Waals surface area contributed by atoms with Crippen LogP contribution in [0.25, 0.3) is 32.7 Å². The van der Waals surface area contributed by atoms with Crippen molar-refractivity contribution in [3.8, 4) is 11.1 Å². The van der Waals surface area contributed by atoms with Crippen LogP contribution in [0.3, 0.4) is 0 Å². The van der Waals surface area contributed by atoms with Gasteiger partial charge in [-0.1, -0.05) is 97.1 Å². The topological polar surface area (TPSA) is 6.48 Å². The second kappa shape index (κ2) is 14.1. The molecule has 2 nitrogen and oxygen atoms in total. The molecule has 8 aromatic carbocycles. The van der Waals surface area contributed by atoms with Crippen LogP contribution in [0.2, 0.25) is 0 Å². The van der Waals surface area contributed by atoms with Crippen molar-refractivity contribution in [3.05, 3.63) is 192 Å². The Balaban J connectivity index is 1.24. The number of nitrogens with zero attached hydrogens (tertiary/aromatic N) is 2. The van der Waals surface area contributed by atoms with Gasteiger partial charge in [0.15, 0.2) is 46.5 Å². The highest BCUT2D eigenvalue weighted by atomic mass is 19.2. The molecule has 0 N–H and O–H groups in total. The molecule has 0 heterocycles. The normalized spacial score (nSPS) is 11.4. The Morgan fingerprint density at radius 1 is 0.268 bits per heavy atom. The molecule has 56 heavy (non-hydrogen) atoms. The maximum Gasteiger partial charge on any atom is 0.200 e. The summed E-state index contributed by atoms with van der Waals surface area (Å²) in [6, 6.07) is 34.6. The Kier molecular flexibility index (Phi) is 9.11. The van der Waals surface area contributed by atoms with E-state index in [1.165, 1.54) is 60.7 Å². The molecular formula is C44H22F10N2. The predicted molar refractivity (Wildman–Crippen MR) is 196 cm³/mol. The maximum absolute atomic E-state index is 15.4. The zero-order valence-corrected chi connectivity index (χ0v) is 28.4. The first-order valence-corrected chi connectivity index (χ1v) is 16.8. The standard InChI is InChI=1S/C44H22F10N2/c45-33-35(47)39(51)43(40(52)36(33)48)55(31-13-5-9-25-7-1-3-11-29(25)31)27-19-15-23(16-20-27)24-17-21-28(22-18-24)56(32-14-6-10-26-8-2-4-12-30(26)32)44-41(53)37(49)34(46)38(50)42(44)54/h1-22H. The Morgan fingerprint density at radius 2 is 0.554 bits per heavy atom. The summed E-state index contributed by atoms with van der Waals surface area (Å²) >= 11 is 0. The number of hydrogen-bond donors (Lipinski definition) is 0. The molecule has 0 atom stereocenters. The first-order chi connectivity index (χ1) is 27.0. The summed E-state index contributed by atoms with van der Waals surface area (Å²) in [7, 11) is 0. The Morgan fingerprint density at radius 3 is 0.893 bits per heavy atom. The van der Waals surface area contributed by atoms with Gasteiger partial charge in [-0.3, -0.25) is 0 Å². The molecule has 0 aliphatic rings. The van der Waals surface area contributed by atoms with Crippen molar-refractivity contribution in [2.24, 2.45) is 0 Å². The molecule has 0 fully saturated rings. The fraction of sp³-hybridized carbons (Fsp3) is 0. The molecule has 0 radical (unpaired) electrons. The lowest BCUT2D eigenvalue weighted by atomic mass is 10.0. The minimum Gasteiger partial charge on any atom is -0.304 e. The van der Waals surface area contributed by atoms with Crippen molar-refractivity contribution >= 4 is 55.7 Å². The maximum atomic E-state index is 15.4. The molecule has 0 saturated carbocycles. The van der Waals surface area contributed by atoms with Crippen molar-refractivity contribution in [1.29, 1.82) is 0 Å². The van der Waals surface area contributed by atoms with Crippen LogP contribution in [-0.4, -0.2) is 0 Å². The van der Waals surface area contributed by atoms with Crippen LogP contribution in [0.4, 0.5) is 78.0 Å². The first kappa shape index (κ1) is 36.2. The number of hydrogen-bond acceptors (Lipinski definition) is 2. The van der Waals surface area contributed by atoms with E-state index in [1.54, 1.807) is 72.8 Å². The third kappa shape index (κ3) is 5.85. The van der Waals surface area contributed by atoms with Crippen LogP contribution in [0.15, 0.2) is 133 Å². The van der Waals surface area contributed by atoms with Gasteiger partial charge in [0.05, 0.1) is 11.4 Å². The monoisotopic (exact) mass is 768 g/mol. The fourth-order valence-corrected chi connectivity index (χ4v) is 6.77. The van der Waals surface area contributed by atoms with E-state index in [0.717, 1.165) is 9.80 Å². The van der Waals surface area contributed by atoms with Crippen LogP contribution >= 0.6 is 0 Å². The summed E-state index contributed by atoms with van der Waals surface area (Å²) < 4.78 is 148. The van der Waals surface area contributed by atoms with Gasteiger partial charge in [-0.05, 0) is 58.3 Å². The third-order valence-electron chi connectivity index (χ3n) is 9.42. The molecule has 0 spiro atoms. The van der Waals surface area contributed by atoms with Crippen LogP contribution in [0, 0.1) is 58.2 Å². The van der Waals surface area contributed by atoms with Crippen LogP contribution in [0.5, 0.6) is 0 Å². The molecule has 0 bridgehead atoms. The van der Waals surface area contributed by atoms with Gasteiger partial charge < -0.3 is 9.80 Å². The molecule has 278 valence electrons. The van der Waals surface area contributed by atoms with E-state index >= 15 is 17.6 Å². The number of benzene rings is 8. The van der Waals surface area contributed by atoms with Gasteiger partial charge in [0, 0.05) is 22.1 Å². The number of fused-ring (bicyclic) bond motifs is 2. The largest absolute Gasteiger partial charge is 0.304 e. The predicted octanol–water partition coefficient (Wildman–Crippen LogP) is 14.0. The van der Waals surface area contributed by atoms with Crippen LogP contribution in [-0.2, 0) is 0 Å². The lowest BCUT2D eigenvalue weighted by Crippen LogP contribution is -2.17. The Bertz CT molecular complexity index is 2560. The molecule has 0 unspecified atom stereocenters. The van der Waals surface area contributed by atoms with E-state index in [2.05, 4.69) is 0 Å². The molecule has 0 aromatic heterocycles. The first-order valence-electron chi connectivity index (χ1n) is 16.8. The third-order valence-corrected chi connectivity index (χ3v) is 9.42. The van der Waals surface area contributed by atoms with Crippen molar-refractivity contribution in [1.82, 2.24) is 0 Å². The van der Waals surface area contributed by atoms with E-state index in [0.29, 0.717) is 32.7 Å². The van der Waals surface area contributed by atoms with E-state index in [1.807, 2.05) is 0 Å². The highest BCUT2D eigenvalue weighted by Crippen LogP contribution is 2.45. The van der Waals surface area contributed by atoms with Crippen molar-refractivity contribution in [3.63, 3.8) is 0 Å². The molecule has 0 amide bonds. The van der Waals surface area contributed by atoms with Crippen LogP contribution < -0.4 is 9.80 Å². The molecule has 0 aliphatic heterocycles. The molecule has 0 saturated heterocycles. The highest BCUT2D eigenvalue weighted by molar-refractivity contribution is 6.00. The van der Waals surface area contributed by atoms with E-state index in [9.17, 15) is 26.3 Å². The summed E-state index contributed by atoms with van der Waals surface area (Å²) in [5.74, 6) is -21.3. The Hall–Kier alpha value is -6.82. The summed E-state index contributed by atoms with van der Waals surface area (Å²) in [4.78, 5) is 1.86. The second-order valence-corrected chi connectivity index (χ2v) is 12.6. The van der Waals surface area contributed by atoms with Crippen molar-refractivity contribution in [2.45, 2.75) is 0 Å². The zero-order valence-electron chi connectivity index (χ0n) is 28.4. The quantitative estimate of drug-likeness (QED) is 0.0905. The number of anilines is 6. The van der Waals surface area contributed by atoms with E-state index in [4.69, 9.17) is 0 Å². The summed E-state index contributed by atoms with van der Waals surface area (Å²) in [5, 5.41) is 2.14. The van der Waals surface area contributed by atoms with Crippen molar-refractivity contribution < 1.29 is 43.9 Å². The van der Waals surface area contributed by atoms with E-state index < -0.39 is 69.5 Å². The van der Waals surface area contributed by atoms with Gasteiger partial charge in [-0.15, -0.1) is 0 Å². The molecule has 0 aliphatic carbocycles. The average Bonchev–Trinajstić information content (AvgIpc) is 3.24. The van der Waals surface area contributed by atoms with E-state index in [-0.39, 0.29) is 22.7 Å². The van der Waals surface area contributed by atoms with Crippen molar-refractivity contribution in [2.75, 3.05) is 9.80 Å². The average molecular weight is 769 g/mol. The Labute approximate surface area is 311 Å². The zero-order chi connectivity index (χ0) is 39.4.